The number of halogens is 1. The normalized spacial score (nSPS) is 17.7. The second kappa shape index (κ2) is 4.08. The highest BCUT2D eigenvalue weighted by Crippen LogP contribution is 2.36. The number of carbonyl (C=O) groups is 1. The summed E-state index contributed by atoms with van der Waals surface area (Å²) in [6.07, 6.45) is 2.98. The summed E-state index contributed by atoms with van der Waals surface area (Å²) in [4.78, 5) is 15.6. The number of nitrogens with one attached hydrogen (secondary N) is 2. The molecule has 2 heterocycles. The second-order valence-electron chi connectivity index (χ2n) is 3.94. The molecule has 0 aliphatic carbocycles. The average molecular weight is 264 g/mol. The Labute approximate surface area is 108 Å². The van der Waals surface area contributed by atoms with Crippen LogP contribution in [0.15, 0.2) is 24.8 Å². The zero-order valence-corrected chi connectivity index (χ0v) is 10.3. The van der Waals surface area contributed by atoms with Crippen LogP contribution in [-0.4, -0.2) is 27.7 Å². The first-order chi connectivity index (χ1) is 8.70. The Bertz CT molecular complexity index is 610. The van der Waals surface area contributed by atoms with Gasteiger partial charge in [-0.1, -0.05) is 11.6 Å². The molecule has 7 heteroatoms. The van der Waals surface area contributed by atoms with Crippen molar-refractivity contribution in [3.8, 4) is 5.69 Å². The highest BCUT2D eigenvalue weighted by atomic mass is 35.5. The predicted molar refractivity (Wildman–Crippen MR) is 66.8 cm³/mol. The van der Waals surface area contributed by atoms with E-state index in [1.165, 1.54) is 6.33 Å². The molecule has 2 N–H and O–H groups in total. The van der Waals surface area contributed by atoms with Crippen LogP contribution in [-0.2, 0) is 4.79 Å². The monoisotopic (exact) mass is 263 g/mol. The summed E-state index contributed by atoms with van der Waals surface area (Å²) < 4.78 is 1.56. The van der Waals surface area contributed by atoms with Crippen molar-refractivity contribution < 1.29 is 4.79 Å². The van der Waals surface area contributed by atoms with Crippen LogP contribution in [0.2, 0.25) is 5.02 Å². The van der Waals surface area contributed by atoms with Crippen LogP contribution in [0.5, 0.6) is 0 Å². The minimum Gasteiger partial charge on any atom is -0.324 e. The van der Waals surface area contributed by atoms with Crippen molar-refractivity contribution in [3.63, 3.8) is 0 Å². The Morgan fingerprint density at radius 3 is 3.00 bits per heavy atom. The van der Waals surface area contributed by atoms with Crippen molar-refractivity contribution in [2.24, 2.45) is 0 Å². The van der Waals surface area contributed by atoms with Crippen LogP contribution in [0.25, 0.3) is 5.69 Å². The number of aromatic nitrogens is 3. The lowest BCUT2D eigenvalue weighted by atomic mass is 10.1. The van der Waals surface area contributed by atoms with Crippen molar-refractivity contribution in [1.82, 2.24) is 20.1 Å². The van der Waals surface area contributed by atoms with Gasteiger partial charge >= 0.3 is 0 Å². The summed E-state index contributed by atoms with van der Waals surface area (Å²) in [5.41, 5.74) is 2.27. The minimum absolute atomic E-state index is 0.0840. The van der Waals surface area contributed by atoms with Gasteiger partial charge in [0.1, 0.15) is 18.7 Å². The number of hydrogen-bond acceptors (Lipinski definition) is 4. The van der Waals surface area contributed by atoms with Crippen molar-refractivity contribution in [3.05, 3.63) is 35.4 Å². The number of carbonyl (C=O) groups excluding carboxylic acids is 1. The molecule has 18 heavy (non-hydrogen) atoms. The molecule has 0 spiro atoms. The second-order valence-corrected chi connectivity index (χ2v) is 4.35. The fourth-order valence-corrected chi connectivity index (χ4v) is 2.32. The predicted octanol–water partition coefficient (Wildman–Crippen LogP) is 1.13. The molecule has 0 bridgehead atoms. The first-order valence-corrected chi connectivity index (χ1v) is 5.75. The number of hydrogen-bond donors (Lipinski definition) is 2. The van der Waals surface area contributed by atoms with Gasteiger partial charge in [0.2, 0.25) is 5.91 Å². The summed E-state index contributed by atoms with van der Waals surface area (Å²) >= 11 is 6.21. The van der Waals surface area contributed by atoms with Crippen LogP contribution >= 0.6 is 11.6 Å². The summed E-state index contributed by atoms with van der Waals surface area (Å²) in [7, 11) is 1.73. The Morgan fingerprint density at radius 1 is 1.50 bits per heavy atom. The number of rotatable bonds is 2. The smallest absolute Gasteiger partial charge is 0.246 e. The van der Waals surface area contributed by atoms with Gasteiger partial charge in [-0.3, -0.25) is 4.79 Å². The molecule has 92 valence electrons. The lowest BCUT2D eigenvalue weighted by Gasteiger charge is -2.09. The van der Waals surface area contributed by atoms with Gasteiger partial charge in [0.15, 0.2) is 0 Å². The van der Waals surface area contributed by atoms with E-state index in [0.29, 0.717) is 10.7 Å². The van der Waals surface area contributed by atoms with Crippen molar-refractivity contribution in [2.45, 2.75) is 6.04 Å². The fraction of sp³-hybridized carbons (Fsp3) is 0.182. The van der Waals surface area contributed by atoms with Crippen LogP contribution in [0.4, 0.5) is 5.69 Å². The summed E-state index contributed by atoms with van der Waals surface area (Å²) in [5.74, 6) is -0.0840. The molecule has 0 radical (unpaired) electrons. The Morgan fingerprint density at radius 2 is 2.33 bits per heavy atom. The number of anilines is 1. The molecule has 0 saturated heterocycles. The van der Waals surface area contributed by atoms with Gasteiger partial charge in [-0.15, -0.1) is 0 Å². The molecule has 2 aromatic rings. The molecule has 0 fully saturated rings. The molecular weight excluding hydrogens is 254 g/mol. The summed E-state index contributed by atoms with van der Waals surface area (Å²) in [5, 5.41) is 10.3. The van der Waals surface area contributed by atoms with E-state index in [-0.39, 0.29) is 11.9 Å². The number of amides is 1. The van der Waals surface area contributed by atoms with Crippen molar-refractivity contribution in [1.29, 1.82) is 0 Å². The standard InChI is InChI=1S/C11H10ClN5O/c1-13-10-6-2-7(12)9(17-5-14-4-15-17)3-8(6)16-11(10)18/h2-5,10,13H,1H3,(H,16,18). The van der Waals surface area contributed by atoms with Crippen LogP contribution < -0.4 is 10.6 Å². The van der Waals surface area contributed by atoms with Gasteiger partial charge in [-0.2, -0.15) is 5.10 Å². The molecule has 1 aliphatic heterocycles. The first-order valence-electron chi connectivity index (χ1n) is 5.37. The third-order valence-electron chi connectivity index (χ3n) is 2.90. The topological polar surface area (TPSA) is 71.8 Å². The van der Waals surface area contributed by atoms with Crippen LogP contribution in [0.1, 0.15) is 11.6 Å². The zero-order valence-electron chi connectivity index (χ0n) is 9.51. The van der Waals surface area contributed by atoms with Gasteiger partial charge in [0.25, 0.3) is 0 Å². The Kier molecular flexibility index (Phi) is 2.53. The maximum Gasteiger partial charge on any atom is 0.246 e. The van der Waals surface area contributed by atoms with Gasteiger partial charge in [0.05, 0.1) is 10.7 Å². The minimum atomic E-state index is -0.359. The van der Waals surface area contributed by atoms with Gasteiger partial charge in [0, 0.05) is 11.3 Å². The van der Waals surface area contributed by atoms with E-state index in [1.54, 1.807) is 30.2 Å². The Balaban J connectivity index is 2.13. The summed E-state index contributed by atoms with van der Waals surface area (Å²) in [6, 6.07) is 3.21. The third kappa shape index (κ3) is 1.58. The van der Waals surface area contributed by atoms with E-state index >= 15 is 0 Å². The van der Waals surface area contributed by atoms with Crippen molar-refractivity contribution in [2.75, 3.05) is 12.4 Å². The first kappa shape index (κ1) is 11.2. The van der Waals surface area contributed by atoms with Crippen molar-refractivity contribution >= 4 is 23.2 Å². The van der Waals surface area contributed by atoms with Gasteiger partial charge < -0.3 is 10.6 Å². The van der Waals surface area contributed by atoms with E-state index in [2.05, 4.69) is 20.7 Å². The number of nitrogens with zero attached hydrogens (tertiary/aromatic N) is 3. The molecule has 1 aromatic carbocycles. The SMILES string of the molecule is CNC1C(=O)Nc2cc(-n3cncn3)c(Cl)cc21. The molecular formula is C11H10ClN5O. The number of likely N-dealkylation sites (N-methyl/N-ethyl adjacent to an activating group) is 1. The highest BCUT2D eigenvalue weighted by Gasteiger charge is 2.30. The lowest BCUT2D eigenvalue weighted by molar-refractivity contribution is -0.117. The molecule has 0 saturated carbocycles. The largest absolute Gasteiger partial charge is 0.324 e. The fourth-order valence-electron chi connectivity index (χ4n) is 2.07. The van der Waals surface area contributed by atoms with E-state index in [0.717, 1.165) is 11.3 Å². The van der Waals surface area contributed by atoms with Crippen LogP contribution in [0, 0.1) is 0 Å². The van der Waals surface area contributed by atoms with Gasteiger partial charge in [-0.05, 0) is 19.2 Å². The molecule has 3 rings (SSSR count). The third-order valence-corrected chi connectivity index (χ3v) is 3.21. The zero-order chi connectivity index (χ0) is 12.7. The van der Waals surface area contributed by atoms with Gasteiger partial charge in [-0.25, -0.2) is 9.67 Å². The summed E-state index contributed by atoms with van der Waals surface area (Å²) in [6.45, 7) is 0. The van der Waals surface area contributed by atoms with Crippen LogP contribution in [0.3, 0.4) is 0 Å². The quantitative estimate of drug-likeness (QED) is 0.852. The Hall–Kier alpha value is -1.92. The van der Waals surface area contributed by atoms with E-state index < -0.39 is 0 Å². The maximum absolute atomic E-state index is 11.7. The maximum atomic E-state index is 11.7. The highest BCUT2D eigenvalue weighted by molar-refractivity contribution is 6.32. The molecule has 1 atom stereocenters. The molecule has 1 aromatic heterocycles. The number of fused-ring (bicyclic) bond motifs is 1. The number of benzene rings is 1. The molecule has 1 aliphatic rings. The molecule has 6 nitrogen and oxygen atoms in total. The lowest BCUT2D eigenvalue weighted by Crippen LogP contribution is -2.23. The van der Waals surface area contributed by atoms with E-state index in [4.69, 9.17) is 11.6 Å². The van der Waals surface area contributed by atoms with E-state index in [1.807, 2.05) is 0 Å². The molecule has 1 amide bonds. The van der Waals surface area contributed by atoms with E-state index in [9.17, 15) is 4.79 Å². The molecule has 1 unspecified atom stereocenters. The average Bonchev–Trinajstić information content (AvgIpc) is 2.94.